The van der Waals surface area contributed by atoms with Gasteiger partial charge in [0.1, 0.15) is 12.6 Å². The first-order valence-corrected chi connectivity index (χ1v) is 8.75. The van der Waals surface area contributed by atoms with Crippen molar-refractivity contribution in [1.82, 2.24) is 15.2 Å². The maximum absolute atomic E-state index is 12.3. The summed E-state index contributed by atoms with van der Waals surface area (Å²) >= 11 is 5.29. The SMILES string of the molecule is COc1cc([C@@H](C)N2C(=O)[C@H](C)NC2=S)ccc1OCc1ccncc1. The molecule has 1 aliphatic heterocycles. The van der Waals surface area contributed by atoms with Crippen LogP contribution in [0, 0.1) is 0 Å². The van der Waals surface area contributed by atoms with Crippen molar-refractivity contribution in [3.63, 3.8) is 0 Å². The number of pyridine rings is 1. The first-order valence-electron chi connectivity index (χ1n) is 8.34. The van der Waals surface area contributed by atoms with Crippen LogP contribution in [0.5, 0.6) is 11.5 Å². The van der Waals surface area contributed by atoms with E-state index >= 15 is 0 Å². The maximum Gasteiger partial charge on any atom is 0.251 e. The molecule has 0 spiro atoms. The van der Waals surface area contributed by atoms with Crippen molar-refractivity contribution in [2.75, 3.05) is 7.11 Å². The number of hydrogen-bond donors (Lipinski definition) is 1. The molecule has 2 atom stereocenters. The molecule has 0 aliphatic carbocycles. The van der Waals surface area contributed by atoms with Gasteiger partial charge in [-0.1, -0.05) is 6.07 Å². The van der Waals surface area contributed by atoms with Gasteiger partial charge in [0.05, 0.1) is 13.2 Å². The molecule has 136 valence electrons. The first kappa shape index (κ1) is 18.1. The van der Waals surface area contributed by atoms with E-state index in [1.807, 2.05) is 37.3 Å². The number of benzene rings is 1. The number of carbonyl (C=O) groups excluding carboxylic acids is 1. The normalized spacial score (nSPS) is 17.8. The van der Waals surface area contributed by atoms with Gasteiger partial charge in [0.15, 0.2) is 16.6 Å². The Morgan fingerprint density at radius 1 is 1.27 bits per heavy atom. The van der Waals surface area contributed by atoms with E-state index in [4.69, 9.17) is 21.7 Å². The summed E-state index contributed by atoms with van der Waals surface area (Å²) in [5.41, 5.74) is 1.94. The Labute approximate surface area is 158 Å². The summed E-state index contributed by atoms with van der Waals surface area (Å²) in [6.07, 6.45) is 3.46. The van der Waals surface area contributed by atoms with Gasteiger partial charge in [-0.15, -0.1) is 0 Å². The molecule has 1 aromatic heterocycles. The Hall–Kier alpha value is -2.67. The smallest absolute Gasteiger partial charge is 0.251 e. The predicted molar refractivity (Wildman–Crippen MR) is 102 cm³/mol. The van der Waals surface area contributed by atoms with Gasteiger partial charge >= 0.3 is 0 Å². The Bertz CT molecular complexity index is 813. The van der Waals surface area contributed by atoms with Gasteiger partial charge in [0.25, 0.3) is 5.91 Å². The second kappa shape index (κ2) is 7.70. The number of methoxy groups -OCH3 is 1. The van der Waals surface area contributed by atoms with Crippen molar-refractivity contribution in [1.29, 1.82) is 0 Å². The minimum atomic E-state index is -0.296. The maximum atomic E-state index is 12.3. The van der Waals surface area contributed by atoms with Gasteiger partial charge < -0.3 is 14.8 Å². The minimum Gasteiger partial charge on any atom is -0.493 e. The molecule has 0 bridgehead atoms. The third kappa shape index (κ3) is 3.62. The Morgan fingerprint density at radius 3 is 2.62 bits per heavy atom. The second-order valence-corrected chi connectivity index (χ2v) is 6.50. The molecule has 3 rings (SSSR count). The van der Waals surface area contributed by atoms with Crippen molar-refractivity contribution in [2.45, 2.75) is 32.5 Å². The second-order valence-electron chi connectivity index (χ2n) is 6.11. The number of thiocarbonyl (C=S) groups is 1. The van der Waals surface area contributed by atoms with E-state index in [-0.39, 0.29) is 18.0 Å². The summed E-state index contributed by atoms with van der Waals surface area (Å²) in [5.74, 6) is 1.23. The Kier molecular flexibility index (Phi) is 5.37. The summed E-state index contributed by atoms with van der Waals surface area (Å²) < 4.78 is 11.3. The van der Waals surface area contributed by atoms with Gasteiger partial charge in [0.2, 0.25) is 0 Å². The van der Waals surface area contributed by atoms with Gasteiger partial charge in [0, 0.05) is 12.4 Å². The number of aromatic nitrogens is 1. The number of rotatable bonds is 6. The van der Waals surface area contributed by atoms with Gasteiger partial charge in [-0.05, 0) is 61.5 Å². The fraction of sp³-hybridized carbons (Fsp3) is 0.316. The van der Waals surface area contributed by atoms with Gasteiger partial charge in [-0.2, -0.15) is 0 Å². The van der Waals surface area contributed by atoms with Crippen LogP contribution in [-0.4, -0.2) is 34.1 Å². The van der Waals surface area contributed by atoms with Crippen LogP contribution in [0.1, 0.15) is 31.0 Å². The lowest BCUT2D eigenvalue weighted by Crippen LogP contribution is -2.33. The van der Waals surface area contributed by atoms with Crippen molar-refractivity contribution < 1.29 is 14.3 Å². The summed E-state index contributed by atoms with van der Waals surface area (Å²) in [7, 11) is 1.60. The lowest BCUT2D eigenvalue weighted by Gasteiger charge is -2.24. The van der Waals surface area contributed by atoms with Crippen molar-refractivity contribution in [3.8, 4) is 11.5 Å². The molecule has 1 amide bonds. The van der Waals surface area contributed by atoms with Crippen LogP contribution in [0.15, 0.2) is 42.7 Å². The van der Waals surface area contributed by atoms with E-state index in [2.05, 4.69) is 10.3 Å². The zero-order valence-electron chi connectivity index (χ0n) is 14.9. The standard InChI is InChI=1S/C19H21N3O3S/c1-12-18(23)22(19(26)21-12)13(2)15-4-5-16(17(10-15)24-3)25-11-14-6-8-20-9-7-14/h4-10,12-13H,11H2,1-3H3,(H,21,26)/t12-,13+/m0/s1. The zero-order valence-corrected chi connectivity index (χ0v) is 15.7. The van der Waals surface area contributed by atoms with Crippen molar-refractivity contribution in [2.24, 2.45) is 0 Å². The average molecular weight is 371 g/mol. The molecule has 1 aromatic carbocycles. The molecule has 1 N–H and O–H groups in total. The molecule has 2 aromatic rings. The van der Waals surface area contributed by atoms with Crippen LogP contribution in [0.4, 0.5) is 0 Å². The Balaban J connectivity index is 1.78. The van der Waals surface area contributed by atoms with Crippen LogP contribution in [0.2, 0.25) is 0 Å². The number of ether oxygens (including phenoxy) is 2. The third-order valence-electron chi connectivity index (χ3n) is 4.37. The highest BCUT2D eigenvalue weighted by Gasteiger charge is 2.36. The van der Waals surface area contributed by atoms with E-state index in [9.17, 15) is 4.79 Å². The Morgan fingerprint density at radius 2 is 2.00 bits per heavy atom. The van der Waals surface area contributed by atoms with E-state index in [0.717, 1.165) is 11.1 Å². The molecule has 0 saturated carbocycles. The number of carbonyl (C=O) groups is 1. The van der Waals surface area contributed by atoms with Crippen molar-refractivity contribution >= 4 is 23.2 Å². The number of nitrogens with one attached hydrogen (secondary N) is 1. The minimum absolute atomic E-state index is 0.0283. The predicted octanol–water partition coefficient (Wildman–Crippen LogP) is 2.84. The third-order valence-corrected chi connectivity index (χ3v) is 4.68. The van der Waals surface area contributed by atoms with Gasteiger partial charge in [-0.3, -0.25) is 14.7 Å². The highest BCUT2D eigenvalue weighted by molar-refractivity contribution is 7.80. The molecular weight excluding hydrogens is 350 g/mol. The number of nitrogens with zero attached hydrogens (tertiary/aromatic N) is 2. The van der Waals surface area contributed by atoms with Crippen LogP contribution >= 0.6 is 12.2 Å². The van der Waals surface area contributed by atoms with Crippen LogP contribution in [0.3, 0.4) is 0 Å². The van der Waals surface area contributed by atoms with E-state index in [0.29, 0.717) is 23.2 Å². The van der Waals surface area contributed by atoms with E-state index in [1.54, 1.807) is 31.3 Å². The molecule has 1 saturated heterocycles. The highest BCUT2D eigenvalue weighted by Crippen LogP contribution is 2.33. The van der Waals surface area contributed by atoms with Crippen LogP contribution in [-0.2, 0) is 11.4 Å². The quantitative estimate of drug-likeness (QED) is 0.788. The summed E-state index contributed by atoms with van der Waals surface area (Å²) in [6.45, 7) is 4.16. The largest absolute Gasteiger partial charge is 0.493 e. The molecule has 1 aliphatic rings. The lowest BCUT2D eigenvalue weighted by atomic mass is 10.1. The van der Waals surface area contributed by atoms with Crippen molar-refractivity contribution in [3.05, 3.63) is 53.9 Å². The number of hydrogen-bond acceptors (Lipinski definition) is 5. The van der Waals surface area contributed by atoms with Crippen LogP contribution < -0.4 is 14.8 Å². The monoisotopic (exact) mass is 371 g/mol. The molecule has 7 heteroatoms. The summed E-state index contributed by atoms with van der Waals surface area (Å²) in [5, 5.41) is 3.44. The molecule has 1 fully saturated rings. The molecule has 6 nitrogen and oxygen atoms in total. The summed E-state index contributed by atoms with van der Waals surface area (Å²) in [4.78, 5) is 17.9. The lowest BCUT2D eigenvalue weighted by molar-refractivity contribution is -0.128. The molecule has 0 unspecified atom stereocenters. The van der Waals surface area contributed by atoms with Gasteiger partial charge in [-0.25, -0.2) is 0 Å². The fourth-order valence-corrected chi connectivity index (χ4v) is 3.27. The zero-order chi connectivity index (χ0) is 18.7. The molecule has 26 heavy (non-hydrogen) atoms. The van der Waals surface area contributed by atoms with E-state index in [1.165, 1.54) is 0 Å². The first-order chi connectivity index (χ1) is 12.5. The molecule has 2 heterocycles. The number of amides is 1. The summed E-state index contributed by atoms with van der Waals surface area (Å²) in [6, 6.07) is 8.96. The highest BCUT2D eigenvalue weighted by atomic mass is 32.1. The molecule has 0 radical (unpaired) electrons. The van der Waals surface area contributed by atoms with Crippen LogP contribution in [0.25, 0.3) is 0 Å². The average Bonchev–Trinajstić information content (AvgIpc) is 2.92. The molecular formula is C19H21N3O3S. The topological polar surface area (TPSA) is 63.7 Å². The fourth-order valence-electron chi connectivity index (χ4n) is 2.84. The van der Waals surface area contributed by atoms with E-state index < -0.39 is 0 Å².